The fourth-order valence-corrected chi connectivity index (χ4v) is 2.04. The van der Waals surface area contributed by atoms with Crippen LogP contribution in [0.25, 0.3) is 0 Å². The van der Waals surface area contributed by atoms with Crippen LogP contribution in [0.2, 0.25) is 0 Å². The number of benzene rings is 1. The van der Waals surface area contributed by atoms with E-state index in [0.717, 1.165) is 14.9 Å². The largest absolute Gasteiger partial charge is 0.317 e. The van der Waals surface area contributed by atoms with Gasteiger partial charge in [0.05, 0.1) is 0 Å². The van der Waals surface area contributed by atoms with E-state index in [9.17, 15) is 0 Å². The molecule has 1 aromatic rings. The van der Waals surface area contributed by atoms with Crippen LogP contribution in [0.15, 0.2) is 39.3 Å². The van der Waals surface area contributed by atoms with Crippen molar-refractivity contribution in [2.24, 2.45) is 4.99 Å². The highest BCUT2D eigenvalue weighted by atomic mass is 79.9. The highest BCUT2D eigenvalue weighted by Crippen LogP contribution is 2.07. The van der Waals surface area contributed by atoms with Gasteiger partial charge in [0.2, 0.25) is 0 Å². The second-order valence-corrected chi connectivity index (χ2v) is 4.25. The van der Waals surface area contributed by atoms with E-state index in [4.69, 9.17) is 0 Å². The first-order chi connectivity index (χ1) is 5.25. The molecule has 1 aliphatic heterocycles. The topological polar surface area (TPSA) is 12.4 Å². The molecule has 0 radical (unpaired) electrons. The Labute approximate surface area is 76.6 Å². The summed E-state index contributed by atoms with van der Waals surface area (Å²) >= 11 is 5.00. The molecule has 3 heteroatoms. The number of hydrogen-bond donors (Lipinski definition) is 0. The van der Waals surface area contributed by atoms with E-state index >= 15 is 0 Å². The fraction of sp³-hybridized carbons (Fsp3) is 0. The maximum absolute atomic E-state index is 4.25. The summed E-state index contributed by atoms with van der Waals surface area (Å²) in [7, 11) is 0. The molecule has 0 spiro atoms. The molecule has 0 saturated carbocycles. The summed E-state index contributed by atoms with van der Waals surface area (Å²) in [5.41, 5.74) is 0. The van der Waals surface area contributed by atoms with Crippen LogP contribution in [0.5, 0.6) is 0 Å². The summed E-state index contributed by atoms with van der Waals surface area (Å²) in [6.07, 6.45) is 0. The van der Waals surface area contributed by atoms with Crippen LogP contribution in [0.1, 0.15) is 0 Å². The second kappa shape index (κ2) is 2.50. The molecule has 54 valence electrons. The molecule has 1 nitrogen and oxygen atoms in total. The quantitative estimate of drug-likeness (QED) is 0.474. The van der Waals surface area contributed by atoms with Gasteiger partial charge < -0.3 is 0 Å². The van der Waals surface area contributed by atoms with E-state index in [2.05, 4.69) is 27.5 Å². The molecular weight excluding hydrogens is 222 g/mol. The van der Waals surface area contributed by atoms with Gasteiger partial charge in [-0.25, -0.2) is 0 Å². The van der Waals surface area contributed by atoms with Gasteiger partial charge in [0.15, 0.2) is 0 Å². The maximum atomic E-state index is 4.25. The summed E-state index contributed by atoms with van der Waals surface area (Å²) in [6.45, 7) is 3.78. The predicted octanol–water partition coefficient (Wildman–Crippen LogP) is 1.89. The van der Waals surface area contributed by atoms with Crippen molar-refractivity contribution in [2.75, 3.05) is 0 Å². The van der Waals surface area contributed by atoms with Crippen molar-refractivity contribution in [1.82, 2.24) is 0 Å². The molecule has 0 aliphatic carbocycles. The lowest BCUT2D eigenvalue weighted by atomic mass is 10.3. The first-order valence-electron chi connectivity index (χ1n) is 3.14. The molecule has 1 aliphatic rings. The Morgan fingerprint density at radius 1 is 1.45 bits per heavy atom. The average Bonchev–Trinajstić information content (AvgIpc) is 2.27. The van der Waals surface area contributed by atoms with Crippen LogP contribution < -0.4 is 5.36 Å². The lowest BCUT2D eigenvalue weighted by Crippen LogP contribution is -1.98. The molecule has 0 unspecified atom stereocenters. The van der Waals surface area contributed by atoms with Crippen LogP contribution in [-0.4, -0.2) is 0 Å². The smallest absolute Gasteiger partial charge is 0.188 e. The van der Waals surface area contributed by atoms with E-state index < -0.39 is 0 Å². The summed E-state index contributed by atoms with van der Waals surface area (Å²) in [4.78, 5) is 4.25. The molecule has 1 heterocycles. The molecule has 1 aromatic carbocycles. The van der Waals surface area contributed by atoms with Crippen molar-refractivity contribution in [3.63, 3.8) is 0 Å². The standard InChI is InChI=1S/C8H5BrNS/c1-5-10-7-4-6(9)2-3-8(7)11-5/h2-4H,1H2/q+1. The summed E-state index contributed by atoms with van der Waals surface area (Å²) < 4.78 is 2.26. The summed E-state index contributed by atoms with van der Waals surface area (Å²) in [5, 5.41) is 1.90. The van der Waals surface area contributed by atoms with Gasteiger partial charge in [-0.3, -0.25) is 0 Å². The maximum Gasteiger partial charge on any atom is 0.317 e. The second-order valence-electron chi connectivity index (χ2n) is 2.22. The van der Waals surface area contributed by atoms with Gasteiger partial charge in [0.1, 0.15) is 5.36 Å². The molecule has 0 fully saturated rings. The van der Waals surface area contributed by atoms with Gasteiger partial charge in [-0.1, -0.05) is 15.9 Å². The number of nitrogens with zero attached hydrogens (tertiary/aromatic N) is 1. The Bertz CT molecular complexity index is 436. The van der Waals surface area contributed by atoms with Gasteiger partial charge in [-0.05, 0) is 18.7 Å². The minimum absolute atomic E-state index is 0.873. The number of halogens is 1. The third-order valence-electron chi connectivity index (χ3n) is 1.39. The lowest BCUT2D eigenvalue weighted by Gasteiger charge is -1.80. The van der Waals surface area contributed by atoms with Gasteiger partial charge in [0.25, 0.3) is 15.9 Å². The fourth-order valence-electron chi connectivity index (χ4n) is 0.948. The Morgan fingerprint density at radius 2 is 2.27 bits per heavy atom. The monoisotopic (exact) mass is 226 g/mol. The van der Waals surface area contributed by atoms with Gasteiger partial charge >= 0.3 is 5.03 Å². The Morgan fingerprint density at radius 3 is 3.09 bits per heavy atom. The zero-order valence-electron chi connectivity index (χ0n) is 5.67. The summed E-state index contributed by atoms with van der Waals surface area (Å²) in [5.74, 6) is 0. The van der Waals surface area contributed by atoms with E-state index in [0.29, 0.717) is 0 Å². The van der Waals surface area contributed by atoms with Crippen LogP contribution >= 0.6 is 15.9 Å². The van der Waals surface area contributed by atoms with Gasteiger partial charge in [-0.2, -0.15) is 4.99 Å². The number of fused-ring (bicyclic) bond motifs is 1. The van der Waals surface area contributed by atoms with Gasteiger partial charge in [0, 0.05) is 10.5 Å². The van der Waals surface area contributed by atoms with Crippen molar-refractivity contribution in [3.8, 4) is 0 Å². The van der Waals surface area contributed by atoms with Crippen molar-refractivity contribution in [1.29, 1.82) is 0 Å². The molecule has 0 N–H and O–H groups in total. The van der Waals surface area contributed by atoms with Crippen LogP contribution in [0.3, 0.4) is 0 Å². The molecule has 11 heavy (non-hydrogen) atoms. The Kier molecular flexibility index (Phi) is 1.62. The molecular formula is C8H5BrNS+. The average molecular weight is 227 g/mol. The minimum Gasteiger partial charge on any atom is -0.188 e. The number of rotatable bonds is 0. The van der Waals surface area contributed by atoms with E-state index in [1.807, 2.05) is 18.2 Å². The third kappa shape index (κ3) is 1.26. The van der Waals surface area contributed by atoms with Crippen molar-refractivity contribution < 1.29 is 0 Å². The summed E-state index contributed by atoms with van der Waals surface area (Å²) in [6, 6.07) is 6.06. The van der Waals surface area contributed by atoms with Crippen LogP contribution in [-0.2, 0) is 11.4 Å². The first-order valence-corrected chi connectivity index (χ1v) is 4.75. The van der Waals surface area contributed by atoms with Crippen molar-refractivity contribution in [2.45, 2.75) is 0 Å². The molecule has 2 rings (SSSR count). The number of hydrogen-bond acceptors (Lipinski definition) is 1. The van der Waals surface area contributed by atoms with E-state index in [1.165, 1.54) is 4.51 Å². The highest BCUT2D eigenvalue weighted by molar-refractivity contribution is 9.10. The molecule has 0 aromatic heterocycles. The molecule has 0 atom stereocenters. The Hall–Kier alpha value is -0.540. The predicted molar refractivity (Wildman–Crippen MR) is 50.6 cm³/mol. The van der Waals surface area contributed by atoms with Crippen molar-refractivity contribution in [3.05, 3.63) is 44.1 Å². The van der Waals surface area contributed by atoms with Gasteiger partial charge in [-0.15, -0.1) is 0 Å². The lowest BCUT2D eigenvalue weighted by molar-refractivity contribution is 1.33. The first kappa shape index (κ1) is 7.13. The Balaban J connectivity index is 2.89. The van der Waals surface area contributed by atoms with E-state index in [-0.39, 0.29) is 0 Å². The molecule has 0 saturated heterocycles. The highest BCUT2D eigenvalue weighted by Gasteiger charge is 2.12. The van der Waals surface area contributed by atoms with Crippen LogP contribution in [0.4, 0.5) is 0 Å². The third-order valence-corrected chi connectivity index (χ3v) is 2.78. The van der Waals surface area contributed by atoms with Crippen molar-refractivity contribution >= 4 is 27.3 Å². The molecule has 0 amide bonds. The normalized spacial score (nSPS) is 13.7. The van der Waals surface area contributed by atoms with E-state index in [1.54, 1.807) is 11.4 Å². The SMILES string of the molecule is C=C1N=c2cc(Br)ccc2=[S+]1. The zero-order valence-corrected chi connectivity index (χ0v) is 8.08. The molecule has 0 bridgehead atoms. The zero-order chi connectivity index (χ0) is 7.84. The minimum atomic E-state index is 0.873. The van der Waals surface area contributed by atoms with Crippen LogP contribution in [0, 0.1) is 4.51 Å².